The van der Waals surface area contributed by atoms with Gasteiger partial charge >= 0.3 is 5.69 Å². The SMILES string of the molecule is CCCN(CCC)c1ccc(-c2cccc3c2n(C)c(=O)n3C2CCC(=O)NC2=O)cc1.CCc1ccc(-c2cccc3c2CCN3c2cc(NC)c3ncc(C(N)=O)n3n2)nc1.C[C@@H]1C[C@@H]1C. The normalized spacial score (nSPS) is 17.2. The van der Waals surface area contributed by atoms with Gasteiger partial charge in [-0.2, -0.15) is 0 Å². The number of nitrogens with two attached hydrogens (primary N) is 1. The average molecular weight is 918 g/mol. The Hall–Kier alpha value is -7.29. The molecule has 3 aliphatic rings. The van der Waals surface area contributed by atoms with Crippen molar-refractivity contribution in [3.8, 4) is 22.4 Å². The number of hydrogen-bond acceptors (Lipinski definition) is 10. The predicted molar refractivity (Wildman–Crippen MR) is 271 cm³/mol. The topological polar surface area (TPSA) is 178 Å². The number of carbonyl (C=O) groups excluding carboxylic acids is 3. The van der Waals surface area contributed by atoms with Gasteiger partial charge < -0.3 is 20.9 Å². The molecule has 1 unspecified atom stereocenters. The molecular weight excluding hydrogens is 855 g/mol. The minimum absolute atomic E-state index is 0.229. The maximum Gasteiger partial charge on any atom is 0.329 e. The van der Waals surface area contributed by atoms with Crippen LogP contribution in [0.25, 0.3) is 39.1 Å². The molecule has 3 aromatic carbocycles. The van der Waals surface area contributed by atoms with E-state index in [0.717, 1.165) is 102 Å². The molecule has 0 bridgehead atoms. The number of carbonyl (C=O) groups is 3. The molecule has 6 heterocycles. The van der Waals surface area contributed by atoms with Crippen LogP contribution in [-0.4, -0.2) is 73.1 Å². The minimum Gasteiger partial charge on any atom is -0.385 e. The van der Waals surface area contributed by atoms with Crippen molar-refractivity contribution in [2.24, 2.45) is 24.6 Å². The fraction of sp³-hybridized carbons (Fsp3) is 0.377. The predicted octanol–water partition coefficient (Wildman–Crippen LogP) is 8.46. The first-order valence-corrected chi connectivity index (χ1v) is 24.0. The van der Waals surface area contributed by atoms with Crippen molar-refractivity contribution in [1.29, 1.82) is 0 Å². The van der Waals surface area contributed by atoms with Crippen molar-refractivity contribution in [3.05, 3.63) is 119 Å². The molecule has 4 N–H and O–H groups in total. The molecule has 1 saturated carbocycles. The second kappa shape index (κ2) is 20.3. The highest BCUT2D eigenvalue weighted by Gasteiger charge is 2.32. The molecule has 1 saturated heterocycles. The molecule has 7 aromatic rings. The van der Waals surface area contributed by atoms with E-state index in [0.29, 0.717) is 17.6 Å². The van der Waals surface area contributed by atoms with Crippen LogP contribution in [0.4, 0.5) is 22.9 Å². The lowest BCUT2D eigenvalue weighted by molar-refractivity contribution is -0.135. The van der Waals surface area contributed by atoms with Crippen molar-refractivity contribution < 1.29 is 14.4 Å². The van der Waals surface area contributed by atoms with Crippen molar-refractivity contribution in [2.75, 3.05) is 41.8 Å². The van der Waals surface area contributed by atoms with Gasteiger partial charge in [0.05, 0.1) is 28.6 Å². The number of hydrogen-bond donors (Lipinski definition) is 3. The van der Waals surface area contributed by atoms with E-state index in [1.807, 2.05) is 43.6 Å². The summed E-state index contributed by atoms with van der Waals surface area (Å²) in [6, 6.07) is 26.0. The molecule has 68 heavy (non-hydrogen) atoms. The van der Waals surface area contributed by atoms with Crippen molar-refractivity contribution in [2.45, 2.75) is 85.6 Å². The number of piperidine rings is 1. The molecule has 354 valence electrons. The van der Waals surface area contributed by atoms with E-state index in [2.05, 4.69) is 114 Å². The summed E-state index contributed by atoms with van der Waals surface area (Å²) in [7, 11) is 3.55. The van der Waals surface area contributed by atoms with E-state index < -0.39 is 17.9 Å². The first-order valence-electron chi connectivity index (χ1n) is 24.0. The summed E-state index contributed by atoms with van der Waals surface area (Å²) in [6.45, 7) is 13.9. The molecular formula is C53H63N11O4. The molecule has 15 nitrogen and oxygen atoms in total. The Bertz CT molecular complexity index is 3010. The first kappa shape index (κ1) is 47.2. The summed E-state index contributed by atoms with van der Waals surface area (Å²) in [6.07, 6.45) is 9.46. The van der Waals surface area contributed by atoms with E-state index in [1.54, 1.807) is 11.6 Å². The van der Waals surface area contributed by atoms with E-state index in [-0.39, 0.29) is 23.7 Å². The summed E-state index contributed by atoms with van der Waals surface area (Å²) >= 11 is 0. The van der Waals surface area contributed by atoms with Crippen LogP contribution < -0.4 is 31.9 Å². The number of aryl methyl sites for hydroxylation is 2. The Balaban J connectivity index is 0.000000166. The number of rotatable bonds is 12. The van der Waals surface area contributed by atoms with Gasteiger partial charge in [-0.15, -0.1) is 5.10 Å². The number of anilines is 4. The lowest BCUT2D eigenvalue weighted by Crippen LogP contribution is -2.44. The summed E-state index contributed by atoms with van der Waals surface area (Å²) in [5.41, 5.74) is 17.2. The van der Waals surface area contributed by atoms with Gasteiger partial charge in [-0.1, -0.05) is 77.1 Å². The minimum atomic E-state index is -0.682. The Morgan fingerprint density at radius 1 is 0.882 bits per heavy atom. The lowest BCUT2D eigenvalue weighted by Gasteiger charge is -2.24. The Kier molecular flexibility index (Phi) is 14.1. The van der Waals surface area contributed by atoms with Crippen molar-refractivity contribution >= 4 is 57.3 Å². The molecule has 2 aliphatic heterocycles. The number of imidazole rings is 2. The quantitative estimate of drug-likeness (QED) is 0.101. The van der Waals surface area contributed by atoms with Crippen LogP contribution >= 0.6 is 0 Å². The Labute approximate surface area is 397 Å². The number of pyridine rings is 1. The number of nitrogens with zero attached hydrogens (tertiary/aromatic N) is 8. The van der Waals surface area contributed by atoms with E-state index in [9.17, 15) is 19.2 Å². The van der Waals surface area contributed by atoms with E-state index in [4.69, 9.17) is 10.8 Å². The van der Waals surface area contributed by atoms with Crippen molar-refractivity contribution in [1.82, 2.24) is 34.0 Å². The molecule has 0 radical (unpaired) electrons. The van der Waals surface area contributed by atoms with Crippen LogP contribution in [0.15, 0.2) is 96.1 Å². The van der Waals surface area contributed by atoms with Gasteiger partial charge in [0.2, 0.25) is 11.8 Å². The second-order valence-corrected chi connectivity index (χ2v) is 18.1. The molecule has 3 amide bonds. The van der Waals surface area contributed by atoms with Crippen LogP contribution in [0.2, 0.25) is 0 Å². The van der Waals surface area contributed by atoms with E-state index in [1.165, 1.54) is 38.5 Å². The maximum atomic E-state index is 13.1. The highest BCUT2D eigenvalue weighted by atomic mass is 16.2. The third-order valence-electron chi connectivity index (χ3n) is 13.5. The fourth-order valence-electron chi connectivity index (χ4n) is 9.32. The van der Waals surface area contributed by atoms with E-state index >= 15 is 0 Å². The summed E-state index contributed by atoms with van der Waals surface area (Å²) in [4.78, 5) is 62.5. The van der Waals surface area contributed by atoms with Gasteiger partial charge in [-0.25, -0.2) is 14.3 Å². The molecule has 10 rings (SSSR count). The van der Waals surface area contributed by atoms with Gasteiger partial charge in [0.15, 0.2) is 11.5 Å². The van der Waals surface area contributed by atoms with Crippen molar-refractivity contribution in [3.63, 3.8) is 0 Å². The van der Waals surface area contributed by atoms with Crippen LogP contribution in [0.3, 0.4) is 0 Å². The number of imide groups is 1. The maximum absolute atomic E-state index is 13.1. The van der Waals surface area contributed by atoms with Crippen LogP contribution in [-0.2, 0) is 29.5 Å². The van der Waals surface area contributed by atoms with Gasteiger partial charge in [0, 0.05) is 74.9 Å². The second-order valence-electron chi connectivity index (χ2n) is 18.1. The largest absolute Gasteiger partial charge is 0.385 e. The van der Waals surface area contributed by atoms with Crippen LogP contribution in [0.1, 0.15) is 94.4 Å². The standard InChI is InChI=1S/C25H30N4O3.C23H23N7O.C5H10/c1-4-15-28(16-5-2)18-11-9-17(10-12-18)19-7-6-8-20-23(19)27(3)25(32)29(20)21-13-14-22(30)26-24(21)31;1-3-14-7-8-17(26-12-14)15-5-4-6-19-16(15)9-10-29(19)21-11-18(25-2)23-27-13-20(22(24)31)30(23)28-21;1-4-3-5(4)2/h6-12,21H,4-5,13-16H2,1-3H3,(H,26,30,31);4-8,11-13,25H,3,9-10H2,1-2H3,(H2,24,31);4-5H,3H2,1-2H3/t;;4-,5+. The number of amides is 3. The molecule has 2 fully saturated rings. The Morgan fingerprint density at radius 2 is 1.59 bits per heavy atom. The third-order valence-corrected chi connectivity index (χ3v) is 13.5. The van der Waals surface area contributed by atoms with Gasteiger partial charge in [-0.05, 0) is 97.4 Å². The summed E-state index contributed by atoms with van der Waals surface area (Å²) in [5, 5.41) is 10.2. The number of aromatic nitrogens is 6. The average Bonchev–Trinajstić information content (AvgIpc) is 3.66. The zero-order valence-electron chi connectivity index (χ0n) is 40.3. The van der Waals surface area contributed by atoms with Gasteiger partial charge in [-0.3, -0.25) is 33.8 Å². The monoisotopic (exact) mass is 918 g/mol. The third kappa shape index (κ3) is 9.47. The Morgan fingerprint density at radius 3 is 2.21 bits per heavy atom. The molecule has 3 atom stereocenters. The number of para-hydroxylation sites is 1. The summed E-state index contributed by atoms with van der Waals surface area (Å²) < 4.78 is 4.64. The molecule has 1 aliphatic carbocycles. The highest BCUT2D eigenvalue weighted by Crippen LogP contribution is 2.40. The lowest BCUT2D eigenvalue weighted by atomic mass is 10.0. The smallest absolute Gasteiger partial charge is 0.329 e. The highest BCUT2D eigenvalue weighted by molar-refractivity contribution is 6.01. The number of primary amides is 1. The molecule has 15 heteroatoms. The zero-order chi connectivity index (χ0) is 48.2. The molecule has 4 aromatic heterocycles. The van der Waals surface area contributed by atoms with Gasteiger partial charge in [0.1, 0.15) is 11.7 Å². The van der Waals surface area contributed by atoms with Crippen LogP contribution in [0, 0.1) is 11.8 Å². The summed E-state index contributed by atoms with van der Waals surface area (Å²) in [5.74, 6) is 1.55. The first-order chi connectivity index (χ1) is 32.9. The molecule has 0 spiro atoms. The number of nitrogens with one attached hydrogen (secondary N) is 2. The van der Waals surface area contributed by atoms with Gasteiger partial charge in [0.25, 0.3) is 5.91 Å². The van der Waals surface area contributed by atoms with Crippen LogP contribution in [0.5, 0.6) is 0 Å². The zero-order valence-corrected chi connectivity index (χ0v) is 40.3. The number of fused-ring (bicyclic) bond motifs is 3. The fourth-order valence-corrected chi connectivity index (χ4v) is 9.32. The number of benzene rings is 3.